The van der Waals surface area contributed by atoms with Crippen LogP contribution in [-0.4, -0.2) is 69.4 Å². The van der Waals surface area contributed by atoms with E-state index in [1.54, 1.807) is 36.3 Å². The number of hydrogen-bond acceptors (Lipinski definition) is 5. The molecule has 1 aliphatic heterocycles. The van der Waals surface area contributed by atoms with Gasteiger partial charge in [0.1, 0.15) is 5.75 Å². The Morgan fingerprint density at radius 2 is 1.81 bits per heavy atom. The summed E-state index contributed by atoms with van der Waals surface area (Å²) in [5, 5.41) is 3.21. The van der Waals surface area contributed by atoms with Gasteiger partial charge in [0.25, 0.3) is 0 Å². The van der Waals surface area contributed by atoms with Gasteiger partial charge < -0.3 is 15.0 Å². The first kappa shape index (κ1) is 19.1. The number of hydrogen-bond donors (Lipinski definition) is 1. The Balaban J connectivity index is 1.83. The van der Waals surface area contributed by atoms with E-state index in [4.69, 9.17) is 4.74 Å². The molecule has 2 aliphatic rings. The van der Waals surface area contributed by atoms with Gasteiger partial charge in [0, 0.05) is 32.2 Å². The van der Waals surface area contributed by atoms with Crippen LogP contribution in [0.2, 0.25) is 0 Å². The van der Waals surface area contributed by atoms with Crippen molar-refractivity contribution in [3.05, 3.63) is 24.3 Å². The zero-order valence-electron chi connectivity index (χ0n) is 15.2. The minimum atomic E-state index is -3.73. The summed E-state index contributed by atoms with van der Waals surface area (Å²) >= 11 is 0. The molecular weight excluding hydrogens is 354 g/mol. The standard InChI is InChI=1S/C18H27N3O4S/c1-25-16-6-8-17(9-7-16)26(23,24)21(15-4-2-3-5-15)14-18(22)20-12-10-19-11-13-20/h6-9,15,19H,2-5,10-14H2,1H3. The van der Waals surface area contributed by atoms with Gasteiger partial charge in [-0.3, -0.25) is 4.79 Å². The number of piperazine rings is 1. The topological polar surface area (TPSA) is 79.0 Å². The molecule has 0 unspecified atom stereocenters. The number of nitrogens with one attached hydrogen (secondary N) is 1. The number of carbonyl (C=O) groups is 1. The van der Waals surface area contributed by atoms with Crippen molar-refractivity contribution >= 4 is 15.9 Å². The lowest BCUT2D eigenvalue weighted by atomic mass is 10.2. The zero-order chi connectivity index (χ0) is 18.6. The van der Waals surface area contributed by atoms with Gasteiger partial charge in [-0.1, -0.05) is 12.8 Å². The number of methoxy groups -OCH3 is 1. The van der Waals surface area contributed by atoms with Crippen molar-refractivity contribution in [2.24, 2.45) is 0 Å². The van der Waals surface area contributed by atoms with Crippen molar-refractivity contribution in [3.63, 3.8) is 0 Å². The molecule has 0 bridgehead atoms. The third kappa shape index (κ3) is 4.19. The van der Waals surface area contributed by atoms with Gasteiger partial charge in [-0.15, -0.1) is 0 Å². The maximum atomic E-state index is 13.2. The van der Waals surface area contributed by atoms with E-state index in [0.717, 1.165) is 38.8 Å². The molecule has 0 radical (unpaired) electrons. The van der Waals surface area contributed by atoms with Gasteiger partial charge in [-0.2, -0.15) is 4.31 Å². The lowest BCUT2D eigenvalue weighted by molar-refractivity contribution is -0.132. The average Bonchev–Trinajstić information content (AvgIpc) is 3.20. The Hall–Kier alpha value is -1.64. The van der Waals surface area contributed by atoms with Crippen molar-refractivity contribution in [1.29, 1.82) is 0 Å². The van der Waals surface area contributed by atoms with Crippen molar-refractivity contribution in [2.45, 2.75) is 36.6 Å². The summed E-state index contributed by atoms with van der Waals surface area (Å²) in [5.74, 6) is 0.490. The summed E-state index contributed by atoms with van der Waals surface area (Å²) in [5.41, 5.74) is 0. The predicted octanol–water partition coefficient (Wildman–Crippen LogP) is 1.06. The second-order valence-corrected chi connectivity index (χ2v) is 8.69. The largest absolute Gasteiger partial charge is 0.497 e. The smallest absolute Gasteiger partial charge is 0.243 e. The first-order chi connectivity index (χ1) is 12.5. The van der Waals surface area contributed by atoms with Crippen LogP contribution in [0.1, 0.15) is 25.7 Å². The molecule has 0 aromatic heterocycles. The van der Waals surface area contributed by atoms with Crippen LogP contribution in [0.3, 0.4) is 0 Å². The summed E-state index contributed by atoms with van der Waals surface area (Å²) in [6.45, 7) is 2.67. The highest BCUT2D eigenvalue weighted by Gasteiger charge is 2.35. The van der Waals surface area contributed by atoms with Crippen molar-refractivity contribution in [1.82, 2.24) is 14.5 Å². The molecule has 2 fully saturated rings. The highest BCUT2D eigenvalue weighted by molar-refractivity contribution is 7.89. The summed E-state index contributed by atoms with van der Waals surface area (Å²) in [7, 11) is -2.19. The fraction of sp³-hybridized carbons (Fsp3) is 0.611. The molecule has 26 heavy (non-hydrogen) atoms. The summed E-state index contributed by atoms with van der Waals surface area (Å²) in [4.78, 5) is 14.7. The van der Waals surface area contributed by atoms with E-state index in [2.05, 4.69) is 5.32 Å². The Morgan fingerprint density at radius 1 is 1.19 bits per heavy atom. The zero-order valence-corrected chi connectivity index (χ0v) is 16.0. The van der Waals surface area contributed by atoms with Gasteiger partial charge in [0.05, 0.1) is 18.6 Å². The van der Waals surface area contributed by atoms with E-state index in [1.807, 2.05) is 0 Å². The highest BCUT2D eigenvalue weighted by Crippen LogP contribution is 2.29. The second-order valence-electron chi connectivity index (χ2n) is 6.79. The van der Waals surface area contributed by atoms with Gasteiger partial charge in [0.2, 0.25) is 15.9 Å². The molecular formula is C18H27N3O4S. The van der Waals surface area contributed by atoms with Crippen LogP contribution in [0.4, 0.5) is 0 Å². The van der Waals surface area contributed by atoms with Gasteiger partial charge >= 0.3 is 0 Å². The molecule has 7 nitrogen and oxygen atoms in total. The molecule has 1 saturated carbocycles. The number of amides is 1. The van der Waals surface area contributed by atoms with Crippen LogP contribution in [0.15, 0.2) is 29.2 Å². The molecule has 1 aromatic carbocycles. The maximum Gasteiger partial charge on any atom is 0.243 e. The summed E-state index contributed by atoms with van der Waals surface area (Å²) < 4.78 is 33.0. The lowest BCUT2D eigenvalue weighted by Crippen LogP contribution is -2.51. The number of rotatable bonds is 6. The first-order valence-electron chi connectivity index (χ1n) is 9.17. The fourth-order valence-electron chi connectivity index (χ4n) is 3.63. The van der Waals surface area contributed by atoms with Gasteiger partial charge in [-0.05, 0) is 37.1 Å². The molecule has 1 amide bonds. The Kier molecular flexibility index (Phi) is 6.16. The Morgan fingerprint density at radius 3 is 2.38 bits per heavy atom. The monoisotopic (exact) mass is 381 g/mol. The van der Waals surface area contributed by atoms with Gasteiger partial charge in [0.15, 0.2) is 0 Å². The molecule has 8 heteroatoms. The summed E-state index contributed by atoms with van der Waals surface area (Å²) in [6, 6.07) is 6.26. The van der Waals surface area contributed by atoms with Crippen LogP contribution in [-0.2, 0) is 14.8 Å². The quantitative estimate of drug-likeness (QED) is 0.797. The second kappa shape index (κ2) is 8.37. The van der Waals surface area contributed by atoms with E-state index < -0.39 is 10.0 Å². The van der Waals surface area contributed by atoms with Crippen LogP contribution in [0, 0.1) is 0 Å². The molecule has 0 atom stereocenters. The minimum absolute atomic E-state index is 0.0843. The van der Waals surface area contributed by atoms with E-state index in [0.29, 0.717) is 18.8 Å². The lowest BCUT2D eigenvalue weighted by Gasteiger charge is -2.32. The Labute approximate surface area is 155 Å². The van der Waals surface area contributed by atoms with Crippen LogP contribution >= 0.6 is 0 Å². The fourth-order valence-corrected chi connectivity index (χ4v) is 5.27. The normalized spacial score (nSPS) is 19.1. The van der Waals surface area contributed by atoms with E-state index in [-0.39, 0.29) is 23.4 Å². The number of benzene rings is 1. The molecule has 3 rings (SSSR count). The van der Waals surface area contributed by atoms with Crippen molar-refractivity contribution < 1.29 is 17.9 Å². The van der Waals surface area contributed by atoms with Crippen molar-refractivity contribution in [3.8, 4) is 5.75 Å². The molecule has 1 heterocycles. The minimum Gasteiger partial charge on any atom is -0.497 e. The van der Waals surface area contributed by atoms with Crippen molar-refractivity contribution in [2.75, 3.05) is 39.8 Å². The molecule has 144 valence electrons. The number of ether oxygens (including phenoxy) is 1. The molecule has 0 spiro atoms. The van der Waals surface area contributed by atoms with Crippen LogP contribution < -0.4 is 10.1 Å². The molecule has 1 aromatic rings. The number of carbonyl (C=O) groups excluding carboxylic acids is 1. The molecule has 1 saturated heterocycles. The predicted molar refractivity (Wildman–Crippen MR) is 98.6 cm³/mol. The Bertz CT molecular complexity index is 708. The summed E-state index contributed by atoms with van der Waals surface area (Å²) in [6.07, 6.45) is 3.62. The molecule has 1 N–H and O–H groups in total. The van der Waals surface area contributed by atoms with E-state index >= 15 is 0 Å². The third-order valence-corrected chi connectivity index (χ3v) is 7.07. The van der Waals surface area contributed by atoms with Gasteiger partial charge in [-0.25, -0.2) is 8.42 Å². The number of sulfonamides is 1. The van der Waals surface area contributed by atoms with E-state index in [9.17, 15) is 13.2 Å². The molecule has 1 aliphatic carbocycles. The first-order valence-corrected chi connectivity index (χ1v) is 10.6. The van der Waals surface area contributed by atoms with Crippen LogP contribution in [0.25, 0.3) is 0 Å². The maximum absolute atomic E-state index is 13.2. The number of nitrogens with zero attached hydrogens (tertiary/aromatic N) is 2. The SMILES string of the molecule is COc1ccc(S(=O)(=O)N(CC(=O)N2CCNCC2)C2CCCC2)cc1. The van der Waals surface area contributed by atoms with Crippen LogP contribution in [0.5, 0.6) is 5.75 Å². The third-order valence-electron chi connectivity index (χ3n) is 5.16. The van der Waals surface area contributed by atoms with E-state index in [1.165, 1.54) is 4.31 Å². The average molecular weight is 381 g/mol. The highest BCUT2D eigenvalue weighted by atomic mass is 32.2.